The Labute approximate surface area is 59.6 Å². The van der Waals surface area contributed by atoms with E-state index in [1.54, 1.807) is 6.08 Å². The van der Waals surface area contributed by atoms with Gasteiger partial charge in [0.05, 0.1) is 5.03 Å². The van der Waals surface area contributed by atoms with Gasteiger partial charge in [0.2, 0.25) is 0 Å². The average molecular weight is 145 g/mol. The monoisotopic (exact) mass is 144 g/mol. The zero-order valence-corrected chi connectivity index (χ0v) is 6.07. The van der Waals surface area contributed by atoms with E-state index in [1.807, 2.05) is 6.92 Å². The van der Waals surface area contributed by atoms with Crippen LogP contribution in [0.15, 0.2) is 22.4 Å². The van der Waals surface area contributed by atoms with Crippen molar-refractivity contribution < 1.29 is 5.11 Å². The smallest absolute Gasteiger partial charge is 0.111 e. The van der Waals surface area contributed by atoms with E-state index in [0.29, 0.717) is 17.2 Å². The number of aliphatic hydroxyl groups excluding tert-OH is 1. The molecular formula is C7H9ClO. The Morgan fingerprint density at radius 2 is 2.22 bits per heavy atom. The van der Waals surface area contributed by atoms with Crippen molar-refractivity contribution in [1.29, 1.82) is 0 Å². The standard InChI is InChI=1S/C7H9ClO/c1-5-2-3-7(9)6(8)4-5/h4,9H,2-3H2,1H3. The third-order valence-electron chi connectivity index (χ3n) is 1.40. The molecule has 0 amide bonds. The molecule has 0 atom stereocenters. The fourth-order valence-corrected chi connectivity index (χ4v) is 1.09. The molecule has 1 aliphatic rings. The average Bonchev–Trinajstić information content (AvgIpc) is 1.80. The maximum atomic E-state index is 9.00. The minimum absolute atomic E-state index is 0.322. The van der Waals surface area contributed by atoms with Gasteiger partial charge in [0.25, 0.3) is 0 Å². The Kier molecular flexibility index (Phi) is 1.81. The fraction of sp³-hybridized carbons (Fsp3) is 0.429. The van der Waals surface area contributed by atoms with Crippen molar-refractivity contribution in [2.75, 3.05) is 0 Å². The van der Waals surface area contributed by atoms with Crippen LogP contribution in [-0.2, 0) is 0 Å². The molecule has 2 heteroatoms. The third kappa shape index (κ3) is 1.49. The molecule has 0 aromatic carbocycles. The van der Waals surface area contributed by atoms with Crippen molar-refractivity contribution in [1.82, 2.24) is 0 Å². The summed E-state index contributed by atoms with van der Waals surface area (Å²) < 4.78 is 0. The van der Waals surface area contributed by atoms with E-state index in [-0.39, 0.29) is 0 Å². The molecule has 1 rings (SSSR count). The fourth-order valence-electron chi connectivity index (χ4n) is 0.807. The lowest BCUT2D eigenvalue weighted by atomic mass is 10.1. The van der Waals surface area contributed by atoms with E-state index >= 15 is 0 Å². The third-order valence-corrected chi connectivity index (χ3v) is 1.73. The number of halogens is 1. The zero-order valence-electron chi connectivity index (χ0n) is 5.32. The largest absolute Gasteiger partial charge is 0.511 e. The predicted octanol–water partition coefficient (Wildman–Crippen LogP) is 2.73. The highest BCUT2D eigenvalue weighted by Crippen LogP contribution is 2.23. The van der Waals surface area contributed by atoms with E-state index in [2.05, 4.69) is 0 Å². The second kappa shape index (κ2) is 2.44. The van der Waals surface area contributed by atoms with Crippen LogP contribution < -0.4 is 0 Å². The summed E-state index contributed by atoms with van der Waals surface area (Å²) in [7, 11) is 0. The van der Waals surface area contributed by atoms with Crippen LogP contribution in [0, 0.1) is 0 Å². The minimum Gasteiger partial charge on any atom is -0.511 e. The van der Waals surface area contributed by atoms with E-state index < -0.39 is 0 Å². The quantitative estimate of drug-likeness (QED) is 0.554. The Morgan fingerprint density at radius 3 is 2.67 bits per heavy atom. The van der Waals surface area contributed by atoms with Crippen LogP contribution in [-0.4, -0.2) is 5.11 Å². The van der Waals surface area contributed by atoms with Crippen LogP contribution in [0.5, 0.6) is 0 Å². The van der Waals surface area contributed by atoms with Crippen molar-refractivity contribution in [3.05, 3.63) is 22.4 Å². The summed E-state index contributed by atoms with van der Waals surface area (Å²) in [6.07, 6.45) is 3.43. The Morgan fingerprint density at radius 1 is 1.56 bits per heavy atom. The molecule has 0 radical (unpaired) electrons. The molecular weight excluding hydrogens is 136 g/mol. The molecule has 50 valence electrons. The van der Waals surface area contributed by atoms with Crippen molar-refractivity contribution in [2.24, 2.45) is 0 Å². The van der Waals surface area contributed by atoms with Gasteiger partial charge in [-0.3, -0.25) is 0 Å². The van der Waals surface area contributed by atoms with E-state index in [9.17, 15) is 0 Å². The first-order chi connectivity index (χ1) is 4.20. The lowest BCUT2D eigenvalue weighted by Crippen LogP contribution is -1.92. The zero-order chi connectivity index (χ0) is 6.85. The molecule has 1 aliphatic carbocycles. The summed E-state index contributed by atoms with van der Waals surface area (Å²) in [6, 6.07) is 0. The summed E-state index contributed by atoms with van der Waals surface area (Å²) >= 11 is 5.62. The molecule has 0 aliphatic heterocycles. The molecule has 9 heavy (non-hydrogen) atoms. The van der Waals surface area contributed by atoms with Crippen molar-refractivity contribution in [2.45, 2.75) is 19.8 Å². The van der Waals surface area contributed by atoms with Crippen LogP contribution >= 0.6 is 11.6 Å². The molecule has 0 unspecified atom stereocenters. The van der Waals surface area contributed by atoms with Gasteiger partial charge < -0.3 is 5.11 Å². The first-order valence-corrected chi connectivity index (χ1v) is 3.33. The second-order valence-corrected chi connectivity index (χ2v) is 2.69. The Hall–Kier alpha value is -0.430. The molecule has 0 aromatic rings. The van der Waals surface area contributed by atoms with Gasteiger partial charge in [-0.25, -0.2) is 0 Å². The van der Waals surface area contributed by atoms with Crippen molar-refractivity contribution >= 4 is 11.6 Å². The summed E-state index contributed by atoms with van der Waals surface area (Å²) in [5.41, 5.74) is 1.23. The summed E-state index contributed by atoms with van der Waals surface area (Å²) in [5, 5.41) is 9.50. The maximum absolute atomic E-state index is 9.00. The molecule has 0 saturated carbocycles. The second-order valence-electron chi connectivity index (χ2n) is 2.29. The first-order valence-electron chi connectivity index (χ1n) is 2.95. The number of aliphatic hydroxyl groups is 1. The molecule has 0 bridgehead atoms. The topological polar surface area (TPSA) is 20.2 Å². The summed E-state index contributed by atoms with van der Waals surface area (Å²) in [5.74, 6) is 0.322. The molecule has 0 aromatic heterocycles. The van der Waals surface area contributed by atoms with E-state index in [0.717, 1.165) is 6.42 Å². The molecule has 0 fully saturated rings. The Balaban J connectivity index is 2.83. The van der Waals surface area contributed by atoms with Gasteiger partial charge in [-0.15, -0.1) is 0 Å². The molecule has 0 saturated heterocycles. The normalized spacial score (nSPS) is 20.0. The highest BCUT2D eigenvalue weighted by Gasteiger charge is 2.06. The molecule has 0 heterocycles. The van der Waals surface area contributed by atoms with Crippen LogP contribution in [0.25, 0.3) is 0 Å². The Bertz CT molecular complexity index is 179. The summed E-state index contributed by atoms with van der Waals surface area (Å²) in [6.45, 7) is 2.01. The number of hydrogen-bond acceptors (Lipinski definition) is 1. The predicted molar refractivity (Wildman–Crippen MR) is 38.5 cm³/mol. The number of hydrogen-bond donors (Lipinski definition) is 1. The van der Waals surface area contributed by atoms with Gasteiger partial charge >= 0.3 is 0 Å². The van der Waals surface area contributed by atoms with Crippen LogP contribution in [0.2, 0.25) is 0 Å². The van der Waals surface area contributed by atoms with E-state index in [4.69, 9.17) is 16.7 Å². The van der Waals surface area contributed by atoms with Gasteiger partial charge in [0.15, 0.2) is 0 Å². The lowest BCUT2D eigenvalue weighted by molar-refractivity contribution is 0.384. The van der Waals surface area contributed by atoms with Gasteiger partial charge in [-0.1, -0.05) is 17.2 Å². The summed E-state index contributed by atoms with van der Waals surface area (Å²) in [4.78, 5) is 0. The van der Waals surface area contributed by atoms with Crippen molar-refractivity contribution in [3.63, 3.8) is 0 Å². The first kappa shape index (κ1) is 6.69. The van der Waals surface area contributed by atoms with Gasteiger partial charge in [0.1, 0.15) is 5.76 Å². The van der Waals surface area contributed by atoms with Crippen LogP contribution in [0.1, 0.15) is 19.8 Å². The minimum atomic E-state index is 0.322. The SMILES string of the molecule is CC1=CC(Cl)=C(O)CC1. The lowest BCUT2D eigenvalue weighted by Gasteiger charge is -2.08. The van der Waals surface area contributed by atoms with E-state index in [1.165, 1.54) is 5.57 Å². The van der Waals surface area contributed by atoms with Gasteiger partial charge in [-0.05, 0) is 19.4 Å². The number of rotatable bonds is 0. The van der Waals surface area contributed by atoms with Gasteiger partial charge in [-0.2, -0.15) is 0 Å². The highest BCUT2D eigenvalue weighted by molar-refractivity contribution is 6.31. The van der Waals surface area contributed by atoms with Crippen LogP contribution in [0.3, 0.4) is 0 Å². The molecule has 0 spiro atoms. The van der Waals surface area contributed by atoms with Crippen molar-refractivity contribution in [3.8, 4) is 0 Å². The van der Waals surface area contributed by atoms with Gasteiger partial charge in [0, 0.05) is 6.42 Å². The molecule has 1 N–H and O–H groups in total. The molecule has 1 nitrogen and oxygen atoms in total. The number of allylic oxidation sites excluding steroid dienone is 4. The maximum Gasteiger partial charge on any atom is 0.111 e. The highest BCUT2D eigenvalue weighted by atomic mass is 35.5. The van der Waals surface area contributed by atoms with Crippen LogP contribution in [0.4, 0.5) is 0 Å².